The third kappa shape index (κ3) is 4.75. The van der Waals surface area contributed by atoms with Crippen LogP contribution in [-0.4, -0.2) is 31.0 Å². The topological polar surface area (TPSA) is 74.3 Å². The van der Waals surface area contributed by atoms with Crippen molar-refractivity contribution in [2.75, 3.05) is 6.61 Å². The second-order valence-electron chi connectivity index (χ2n) is 8.85. The molecule has 0 aliphatic heterocycles. The Hall–Kier alpha value is -4.89. The molecule has 192 valence electrons. The molecule has 39 heavy (non-hydrogen) atoms. The first kappa shape index (κ1) is 24.4. The second-order valence-corrected chi connectivity index (χ2v) is 9.86. The van der Waals surface area contributed by atoms with E-state index < -0.39 is 0 Å². The SMILES string of the molecule is C=CCOc1ccc(-c2nc3s/c(=C\c4cn(-c5ccccc5)nc4-c4ccc(C)c(F)c4)c(=O)n3n2)cc1. The molecule has 3 heterocycles. The van der Waals surface area contributed by atoms with Crippen LogP contribution in [0, 0.1) is 12.7 Å². The molecule has 0 bridgehead atoms. The summed E-state index contributed by atoms with van der Waals surface area (Å²) in [6, 6.07) is 22.0. The van der Waals surface area contributed by atoms with Crippen LogP contribution < -0.4 is 14.8 Å². The average molecular weight is 536 g/mol. The minimum absolute atomic E-state index is 0.284. The van der Waals surface area contributed by atoms with E-state index in [9.17, 15) is 9.18 Å². The summed E-state index contributed by atoms with van der Waals surface area (Å²) >= 11 is 1.24. The summed E-state index contributed by atoms with van der Waals surface area (Å²) < 4.78 is 23.4. The number of hydrogen-bond donors (Lipinski definition) is 0. The molecular formula is C30H22FN5O2S. The van der Waals surface area contributed by atoms with Crippen molar-refractivity contribution in [1.29, 1.82) is 0 Å². The summed E-state index contributed by atoms with van der Waals surface area (Å²) in [5.41, 5.74) is 3.75. The van der Waals surface area contributed by atoms with Gasteiger partial charge in [0.05, 0.1) is 10.2 Å². The van der Waals surface area contributed by atoms with E-state index in [0.29, 0.717) is 50.1 Å². The van der Waals surface area contributed by atoms with Gasteiger partial charge in [0.1, 0.15) is 23.9 Å². The van der Waals surface area contributed by atoms with E-state index in [1.807, 2.05) is 66.9 Å². The third-order valence-corrected chi connectivity index (χ3v) is 7.12. The van der Waals surface area contributed by atoms with Crippen LogP contribution >= 0.6 is 11.3 Å². The van der Waals surface area contributed by atoms with E-state index in [0.717, 1.165) is 11.3 Å². The molecule has 6 aromatic rings. The zero-order valence-corrected chi connectivity index (χ0v) is 21.7. The fourth-order valence-electron chi connectivity index (χ4n) is 4.12. The fraction of sp³-hybridized carbons (Fsp3) is 0.0667. The lowest BCUT2D eigenvalue weighted by Crippen LogP contribution is -2.23. The van der Waals surface area contributed by atoms with Gasteiger partial charge in [-0.2, -0.15) is 14.6 Å². The molecule has 0 fully saturated rings. The standard InChI is InChI=1S/C30H22FN5O2S/c1-3-15-38-24-13-11-20(12-14-24)28-32-30-36(34-28)29(37)26(39-30)17-22-18-35(23-7-5-4-6-8-23)33-27(22)21-10-9-19(2)25(31)16-21/h3-14,16-18H,1,15H2,2H3/b26-17-. The highest BCUT2D eigenvalue weighted by Crippen LogP contribution is 2.26. The van der Waals surface area contributed by atoms with E-state index in [1.165, 1.54) is 21.9 Å². The molecule has 0 atom stereocenters. The number of aromatic nitrogens is 5. The lowest BCUT2D eigenvalue weighted by Gasteiger charge is -2.02. The highest BCUT2D eigenvalue weighted by Gasteiger charge is 2.16. The fourth-order valence-corrected chi connectivity index (χ4v) is 5.02. The summed E-state index contributed by atoms with van der Waals surface area (Å²) in [5.74, 6) is 0.845. The highest BCUT2D eigenvalue weighted by molar-refractivity contribution is 7.15. The van der Waals surface area contributed by atoms with E-state index in [4.69, 9.17) is 9.84 Å². The van der Waals surface area contributed by atoms with Gasteiger partial charge >= 0.3 is 0 Å². The maximum absolute atomic E-state index is 14.4. The van der Waals surface area contributed by atoms with Crippen molar-refractivity contribution in [3.05, 3.63) is 123 Å². The first-order chi connectivity index (χ1) is 19.0. The van der Waals surface area contributed by atoms with Gasteiger partial charge in [-0.05, 0) is 61.0 Å². The summed E-state index contributed by atoms with van der Waals surface area (Å²) in [7, 11) is 0. The van der Waals surface area contributed by atoms with E-state index in [2.05, 4.69) is 16.7 Å². The molecule has 7 nitrogen and oxygen atoms in total. The normalized spacial score (nSPS) is 11.8. The number of thiazole rings is 1. The Labute approximate surface area is 226 Å². The Morgan fingerprint density at radius 2 is 1.79 bits per heavy atom. The van der Waals surface area contributed by atoms with Gasteiger partial charge in [0.15, 0.2) is 5.82 Å². The van der Waals surface area contributed by atoms with Gasteiger partial charge in [-0.1, -0.05) is 54.3 Å². The number of fused-ring (bicyclic) bond motifs is 1. The Morgan fingerprint density at radius 1 is 1.03 bits per heavy atom. The monoisotopic (exact) mass is 535 g/mol. The van der Waals surface area contributed by atoms with Gasteiger partial charge in [-0.15, -0.1) is 5.10 Å². The smallest absolute Gasteiger partial charge is 0.291 e. The van der Waals surface area contributed by atoms with E-state index in [-0.39, 0.29) is 11.4 Å². The van der Waals surface area contributed by atoms with Gasteiger partial charge in [-0.25, -0.2) is 9.07 Å². The predicted molar refractivity (Wildman–Crippen MR) is 151 cm³/mol. The molecule has 0 saturated carbocycles. The molecule has 0 N–H and O–H groups in total. The molecule has 0 saturated heterocycles. The minimum Gasteiger partial charge on any atom is -0.490 e. The summed E-state index contributed by atoms with van der Waals surface area (Å²) in [5, 5.41) is 9.18. The van der Waals surface area contributed by atoms with Gasteiger partial charge < -0.3 is 4.74 Å². The van der Waals surface area contributed by atoms with E-state index >= 15 is 0 Å². The molecule has 0 aliphatic carbocycles. The summed E-state index contributed by atoms with van der Waals surface area (Å²) in [4.78, 5) is 18.4. The van der Waals surface area contributed by atoms with Crippen LogP contribution in [0.15, 0.2) is 96.4 Å². The van der Waals surface area contributed by atoms with Gasteiger partial charge in [0.25, 0.3) is 5.56 Å². The lowest BCUT2D eigenvalue weighted by atomic mass is 10.1. The number of halogens is 1. The highest BCUT2D eigenvalue weighted by atomic mass is 32.1. The maximum atomic E-state index is 14.4. The van der Waals surface area contributed by atoms with Crippen molar-refractivity contribution in [2.24, 2.45) is 0 Å². The van der Waals surface area contributed by atoms with Gasteiger partial charge in [-0.3, -0.25) is 4.79 Å². The molecule has 3 aromatic heterocycles. The zero-order valence-electron chi connectivity index (χ0n) is 20.9. The molecule has 0 unspecified atom stereocenters. The molecule has 9 heteroatoms. The molecule has 0 spiro atoms. The second kappa shape index (κ2) is 10.1. The molecule has 0 radical (unpaired) electrons. The van der Waals surface area contributed by atoms with Gasteiger partial charge in [0.2, 0.25) is 4.96 Å². The Bertz CT molecular complexity index is 1920. The van der Waals surface area contributed by atoms with E-state index in [1.54, 1.807) is 29.8 Å². The predicted octanol–water partition coefficient (Wildman–Crippen LogP) is 5.23. The van der Waals surface area contributed by atoms with Crippen molar-refractivity contribution in [3.8, 4) is 34.1 Å². The first-order valence-corrected chi connectivity index (χ1v) is 13.0. The van der Waals surface area contributed by atoms with Crippen molar-refractivity contribution >= 4 is 22.4 Å². The van der Waals surface area contributed by atoms with Crippen molar-refractivity contribution in [3.63, 3.8) is 0 Å². The number of nitrogens with zero attached hydrogens (tertiary/aromatic N) is 5. The van der Waals surface area contributed by atoms with Crippen LogP contribution in [0.2, 0.25) is 0 Å². The third-order valence-electron chi connectivity index (χ3n) is 6.16. The van der Waals surface area contributed by atoms with Gasteiger partial charge in [0, 0.05) is 22.9 Å². The zero-order chi connectivity index (χ0) is 26.9. The van der Waals surface area contributed by atoms with Crippen LogP contribution in [0.1, 0.15) is 11.1 Å². The minimum atomic E-state index is -0.316. The van der Waals surface area contributed by atoms with Crippen LogP contribution in [0.3, 0.4) is 0 Å². The van der Waals surface area contributed by atoms with Crippen molar-refractivity contribution < 1.29 is 9.13 Å². The number of rotatable bonds is 7. The molecule has 0 aliphatic rings. The quantitative estimate of drug-likeness (QED) is 0.262. The molecule has 6 rings (SSSR count). The Kier molecular flexibility index (Phi) is 6.34. The number of para-hydroxylation sites is 1. The number of hydrogen-bond acceptors (Lipinski definition) is 6. The summed E-state index contributed by atoms with van der Waals surface area (Å²) in [6.07, 6.45) is 5.27. The van der Waals surface area contributed by atoms with Crippen molar-refractivity contribution in [2.45, 2.75) is 6.92 Å². The maximum Gasteiger partial charge on any atom is 0.291 e. The Balaban J connectivity index is 1.42. The molecular weight excluding hydrogens is 513 g/mol. The number of aryl methyl sites for hydroxylation is 1. The van der Waals surface area contributed by atoms with Crippen LogP contribution in [-0.2, 0) is 0 Å². The molecule has 0 amide bonds. The Morgan fingerprint density at radius 3 is 2.51 bits per heavy atom. The largest absolute Gasteiger partial charge is 0.490 e. The van der Waals surface area contributed by atoms with Crippen LogP contribution in [0.5, 0.6) is 5.75 Å². The van der Waals surface area contributed by atoms with Crippen molar-refractivity contribution in [1.82, 2.24) is 24.4 Å². The molecule has 3 aromatic carbocycles. The summed E-state index contributed by atoms with van der Waals surface area (Å²) in [6.45, 7) is 5.78. The lowest BCUT2D eigenvalue weighted by molar-refractivity contribution is 0.363. The number of benzene rings is 3. The first-order valence-electron chi connectivity index (χ1n) is 12.2. The average Bonchev–Trinajstić information content (AvgIpc) is 3.65. The van der Waals surface area contributed by atoms with Crippen LogP contribution in [0.25, 0.3) is 39.4 Å². The number of ether oxygens (including phenoxy) is 1. The van der Waals surface area contributed by atoms with Crippen LogP contribution in [0.4, 0.5) is 4.39 Å².